The van der Waals surface area contributed by atoms with Gasteiger partial charge in [0.05, 0.1) is 0 Å². The molecule has 0 unspecified atom stereocenters. The number of halogens is 3. The number of carbonyl (C=O) groups excluding carboxylic acids is 1. The van der Waals surface area contributed by atoms with Crippen molar-refractivity contribution in [1.29, 1.82) is 0 Å². The molecular formula is C14H15F3O2S. The molecule has 6 heteroatoms. The van der Waals surface area contributed by atoms with E-state index in [1.54, 1.807) is 0 Å². The maximum atomic E-state index is 12.3. The smallest absolute Gasteiger partial charge is 0.455 e. The fourth-order valence-corrected chi connectivity index (χ4v) is 3.50. The van der Waals surface area contributed by atoms with E-state index in [0.717, 1.165) is 24.2 Å². The van der Waals surface area contributed by atoms with Gasteiger partial charge in [-0.2, -0.15) is 13.2 Å². The summed E-state index contributed by atoms with van der Waals surface area (Å²) in [6.07, 6.45) is -2.59. The molecule has 1 aliphatic carbocycles. The fraction of sp³-hybridized carbons (Fsp3) is 0.500. The number of alkyl halides is 3. The quantitative estimate of drug-likeness (QED) is 0.783. The number of rotatable bonds is 3. The number of hydrogen-bond donors (Lipinski definition) is 0. The molecule has 1 fully saturated rings. The molecule has 0 N–H and O–H groups in total. The zero-order valence-electron chi connectivity index (χ0n) is 10.7. The topological polar surface area (TPSA) is 26.3 Å². The molecule has 1 aromatic rings. The highest BCUT2D eigenvalue weighted by Gasteiger charge is 2.43. The minimum Gasteiger partial charge on any atom is -0.455 e. The Bertz CT molecular complexity index is 447. The number of hydrogen-bond acceptors (Lipinski definition) is 3. The van der Waals surface area contributed by atoms with Crippen molar-refractivity contribution >= 4 is 17.7 Å². The van der Waals surface area contributed by atoms with Crippen LogP contribution in [0.3, 0.4) is 0 Å². The van der Waals surface area contributed by atoms with Gasteiger partial charge in [0.25, 0.3) is 0 Å². The third-order valence-corrected chi connectivity index (χ3v) is 4.55. The highest BCUT2D eigenvalue weighted by molar-refractivity contribution is 8.00. The Hall–Kier alpha value is -1.17. The third-order valence-electron chi connectivity index (χ3n) is 3.16. The highest BCUT2D eigenvalue weighted by Crippen LogP contribution is 2.36. The van der Waals surface area contributed by atoms with Crippen LogP contribution in [0.1, 0.15) is 25.7 Å². The SMILES string of the molecule is O=C(O[C@H]1CCCC[C@@H]1Sc1ccccc1)C(F)(F)F. The molecule has 2 nitrogen and oxygen atoms in total. The second kappa shape index (κ2) is 6.52. The third kappa shape index (κ3) is 4.16. The molecule has 2 rings (SSSR count). The van der Waals surface area contributed by atoms with Crippen LogP contribution in [0.25, 0.3) is 0 Å². The van der Waals surface area contributed by atoms with Crippen LogP contribution >= 0.6 is 11.8 Å². The number of carbonyl (C=O) groups is 1. The average Bonchev–Trinajstić information content (AvgIpc) is 2.41. The zero-order valence-corrected chi connectivity index (χ0v) is 11.5. The van der Waals surface area contributed by atoms with Crippen LogP contribution < -0.4 is 0 Å². The van der Waals surface area contributed by atoms with Gasteiger partial charge < -0.3 is 4.74 Å². The lowest BCUT2D eigenvalue weighted by molar-refractivity contribution is -0.205. The molecule has 0 heterocycles. The van der Waals surface area contributed by atoms with Gasteiger partial charge in [0.2, 0.25) is 0 Å². The van der Waals surface area contributed by atoms with Crippen molar-refractivity contribution in [3.05, 3.63) is 30.3 Å². The zero-order chi connectivity index (χ0) is 14.6. The maximum Gasteiger partial charge on any atom is 0.490 e. The molecule has 0 aromatic heterocycles. The second-order valence-electron chi connectivity index (χ2n) is 4.70. The minimum atomic E-state index is -4.92. The summed E-state index contributed by atoms with van der Waals surface area (Å²) in [6.45, 7) is 0. The summed E-state index contributed by atoms with van der Waals surface area (Å²) in [7, 11) is 0. The van der Waals surface area contributed by atoms with Crippen LogP contribution in [0.15, 0.2) is 35.2 Å². The fourth-order valence-electron chi connectivity index (χ4n) is 2.21. The van der Waals surface area contributed by atoms with Crippen LogP contribution in [0.4, 0.5) is 13.2 Å². The van der Waals surface area contributed by atoms with E-state index in [0.29, 0.717) is 6.42 Å². The maximum absolute atomic E-state index is 12.3. The first-order chi connectivity index (χ1) is 9.47. The first-order valence-corrected chi connectivity index (χ1v) is 7.34. The summed E-state index contributed by atoms with van der Waals surface area (Å²) in [5.74, 6) is -2.08. The van der Waals surface area contributed by atoms with Crippen molar-refractivity contribution in [3.8, 4) is 0 Å². The molecule has 0 amide bonds. The van der Waals surface area contributed by atoms with E-state index >= 15 is 0 Å². The molecular weight excluding hydrogens is 289 g/mol. The van der Waals surface area contributed by atoms with Crippen LogP contribution in [0, 0.1) is 0 Å². The van der Waals surface area contributed by atoms with E-state index in [4.69, 9.17) is 0 Å². The standard InChI is InChI=1S/C14H15F3O2S/c15-14(16,17)13(18)19-11-8-4-5-9-12(11)20-10-6-2-1-3-7-10/h1-3,6-7,11-12H,4-5,8-9H2/t11-,12-/m0/s1. The molecule has 1 aliphatic rings. The van der Waals surface area contributed by atoms with Crippen LogP contribution in [-0.2, 0) is 9.53 Å². The Kier molecular flexibility index (Phi) is 4.96. The van der Waals surface area contributed by atoms with Crippen molar-refractivity contribution < 1.29 is 22.7 Å². The molecule has 0 radical (unpaired) electrons. The Morgan fingerprint density at radius 3 is 2.45 bits per heavy atom. The largest absolute Gasteiger partial charge is 0.490 e. The average molecular weight is 304 g/mol. The molecule has 110 valence electrons. The molecule has 0 aliphatic heterocycles. The van der Waals surface area contributed by atoms with E-state index in [9.17, 15) is 18.0 Å². The second-order valence-corrected chi connectivity index (χ2v) is 6.01. The molecule has 0 bridgehead atoms. The Labute approximate surface area is 119 Å². The summed E-state index contributed by atoms with van der Waals surface area (Å²) >= 11 is 1.48. The first-order valence-electron chi connectivity index (χ1n) is 6.46. The van der Waals surface area contributed by atoms with E-state index in [-0.39, 0.29) is 5.25 Å². The van der Waals surface area contributed by atoms with Crippen LogP contribution in [0.5, 0.6) is 0 Å². The molecule has 1 saturated carbocycles. The van der Waals surface area contributed by atoms with E-state index in [1.165, 1.54) is 11.8 Å². The van der Waals surface area contributed by atoms with Gasteiger partial charge in [-0.3, -0.25) is 0 Å². The lowest BCUT2D eigenvalue weighted by Gasteiger charge is -2.30. The Morgan fingerprint density at radius 2 is 1.80 bits per heavy atom. The number of thioether (sulfide) groups is 1. The lowest BCUT2D eigenvalue weighted by atomic mass is 9.97. The number of ether oxygens (including phenoxy) is 1. The van der Waals surface area contributed by atoms with E-state index in [2.05, 4.69) is 4.74 Å². The predicted octanol–water partition coefficient (Wildman–Crippen LogP) is 4.20. The molecule has 0 saturated heterocycles. The minimum absolute atomic E-state index is 0.113. The van der Waals surface area contributed by atoms with Gasteiger partial charge in [0.15, 0.2) is 0 Å². The molecule has 2 atom stereocenters. The van der Waals surface area contributed by atoms with Gasteiger partial charge in [-0.1, -0.05) is 24.6 Å². The highest BCUT2D eigenvalue weighted by atomic mass is 32.2. The van der Waals surface area contributed by atoms with Gasteiger partial charge in [0.1, 0.15) is 6.10 Å². The van der Waals surface area contributed by atoms with Crippen molar-refractivity contribution in [2.24, 2.45) is 0 Å². The van der Waals surface area contributed by atoms with Crippen molar-refractivity contribution in [2.75, 3.05) is 0 Å². The normalized spacial score (nSPS) is 23.4. The van der Waals surface area contributed by atoms with Crippen molar-refractivity contribution in [2.45, 2.75) is 48.1 Å². The van der Waals surface area contributed by atoms with Gasteiger partial charge in [0, 0.05) is 10.1 Å². The molecule has 20 heavy (non-hydrogen) atoms. The summed E-state index contributed by atoms with van der Waals surface area (Å²) in [5, 5.41) is -0.113. The summed E-state index contributed by atoms with van der Waals surface area (Å²) in [5.41, 5.74) is 0. The number of benzene rings is 1. The number of esters is 1. The van der Waals surface area contributed by atoms with Crippen LogP contribution in [-0.4, -0.2) is 23.5 Å². The summed E-state index contributed by atoms with van der Waals surface area (Å²) < 4.78 is 41.5. The first kappa shape index (κ1) is 15.2. The molecule has 1 aromatic carbocycles. The Balaban J connectivity index is 2.00. The van der Waals surface area contributed by atoms with E-state index < -0.39 is 18.2 Å². The van der Waals surface area contributed by atoms with Gasteiger partial charge in [-0.05, 0) is 31.4 Å². The summed E-state index contributed by atoms with van der Waals surface area (Å²) in [4.78, 5) is 12.0. The summed E-state index contributed by atoms with van der Waals surface area (Å²) in [6, 6.07) is 9.44. The monoisotopic (exact) mass is 304 g/mol. The lowest BCUT2D eigenvalue weighted by Crippen LogP contribution is -2.37. The predicted molar refractivity (Wildman–Crippen MR) is 70.5 cm³/mol. The van der Waals surface area contributed by atoms with Gasteiger partial charge in [-0.25, -0.2) is 4.79 Å². The van der Waals surface area contributed by atoms with E-state index in [1.807, 2.05) is 30.3 Å². The molecule has 0 spiro atoms. The van der Waals surface area contributed by atoms with Gasteiger partial charge in [-0.15, -0.1) is 11.8 Å². The van der Waals surface area contributed by atoms with Crippen LogP contribution in [0.2, 0.25) is 0 Å². The Morgan fingerprint density at radius 1 is 1.15 bits per heavy atom. The van der Waals surface area contributed by atoms with Crippen molar-refractivity contribution in [3.63, 3.8) is 0 Å². The van der Waals surface area contributed by atoms with Gasteiger partial charge >= 0.3 is 12.1 Å². The van der Waals surface area contributed by atoms with Crippen molar-refractivity contribution in [1.82, 2.24) is 0 Å².